The number of rotatable bonds is 6. The molecular weight excluding hydrogens is 240 g/mol. The second kappa shape index (κ2) is 6.78. The Morgan fingerprint density at radius 2 is 2.11 bits per heavy atom. The molecule has 1 aliphatic rings. The van der Waals surface area contributed by atoms with Crippen LogP contribution in [0.25, 0.3) is 0 Å². The molecule has 0 aliphatic heterocycles. The SMILES string of the molecule is COc1ccc(N)cc1CN(CCO)C1CCCC1. The molecular formula is C15H24N2O2. The van der Waals surface area contributed by atoms with Crippen molar-refractivity contribution in [2.45, 2.75) is 38.3 Å². The second-order valence-electron chi connectivity index (χ2n) is 5.20. The highest BCUT2D eigenvalue weighted by Gasteiger charge is 2.23. The standard InChI is InChI=1S/C15H24N2O2/c1-19-15-7-6-13(16)10-12(15)11-17(8-9-18)14-4-2-3-5-14/h6-7,10,14,18H,2-5,8-9,11,16H2,1H3. The Balaban J connectivity index is 2.13. The van der Waals surface area contributed by atoms with Crippen molar-refractivity contribution in [3.05, 3.63) is 23.8 Å². The van der Waals surface area contributed by atoms with Gasteiger partial charge in [-0.25, -0.2) is 0 Å². The Bertz CT molecular complexity index is 403. The molecule has 0 saturated heterocycles. The summed E-state index contributed by atoms with van der Waals surface area (Å²) in [4.78, 5) is 2.35. The fourth-order valence-electron chi connectivity index (χ4n) is 2.93. The summed E-state index contributed by atoms with van der Waals surface area (Å²) in [6.45, 7) is 1.70. The zero-order valence-corrected chi connectivity index (χ0v) is 11.6. The van der Waals surface area contributed by atoms with Crippen molar-refractivity contribution < 1.29 is 9.84 Å². The van der Waals surface area contributed by atoms with Crippen LogP contribution in [0.4, 0.5) is 5.69 Å². The molecule has 0 radical (unpaired) electrons. The van der Waals surface area contributed by atoms with E-state index in [0.29, 0.717) is 12.6 Å². The molecule has 0 aromatic heterocycles. The molecule has 0 heterocycles. The number of nitrogens with two attached hydrogens (primary N) is 1. The van der Waals surface area contributed by atoms with Gasteiger partial charge in [0.15, 0.2) is 0 Å². The third-order valence-corrected chi connectivity index (χ3v) is 3.91. The van der Waals surface area contributed by atoms with E-state index in [1.54, 1.807) is 7.11 Å². The summed E-state index contributed by atoms with van der Waals surface area (Å²) in [7, 11) is 1.68. The van der Waals surface area contributed by atoms with E-state index in [0.717, 1.165) is 23.5 Å². The summed E-state index contributed by atoms with van der Waals surface area (Å²) in [5, 5.41) is 9.26. The van der Waals surface area contributed by atoms with Gasteiger partial charge in [0.2, 0.25) is 0 Å². The van der Waals surface area contributed by atoms with Crippen LogP contribution < -0.4 is 10.5 Å². The maximum absolute atomic E-state index is 9.26. The number of hydrogen-bond donors (Lipinski definition) is 2. The normalized spacial score (nSPS) is 16.2. The lowest BCUT2D eigenvalue weighted by molar-refractivity contribution is 0.143. The van der Waals surface area contributed by atoms with Gasteiger partial charge >= 0.3 is 0 Å². The number of nitrogen functional groups attached to an aromatic ring is 1. The number of nitrogens with zero attached hydrogens (tertiary/aromatic N) is 1. The smallest absolute Gasteiger partial charge is 0.123 e. The number of aliphatic hydroxyl groups excluding tert-OH is 1. The van der Waals surface area contributed by atoms with E-state index in [4.69, 9.17) is 10.5 Å². The van der Waals surface area contributed by atoms with Crippen LogP contribution in [0.15, 0.2) is 18.2 Å². The van der Waals surface area contributed by atoms with E-state index < -0.39 is 0 Å². The van der Waals surface area contributed by atoms with Gasteiger partial charge in [-0.15, -0.1) is 0 Å². The molecule has 0 atom stereocenters. The van der Waals surface area contributed by atoms with Crippen molar-refractivity contribution in [1.29, 1.82) is 0 Å². The van der Waals surface area contributed by atoms with Crippen LogP contribution in [0.3, 0.4) is 0 Å². The Kier molecular flexibility index (Phi) is 5.05. The quantitative estimate of drug-likeness (QED) is 0.772. The third kappa shape index (κ3) is 3.61. The summed E-state index contributed by atoms with van der Waals surface area (Å²) < 4.78 is 5.40. The third-order valence-electron chi connectivity index (χ3n) is 3.91. The fourth-order valence-corrected chi connectivity index (χ4v) is 2.93. The van der Waals surface area contributed by atoms with Crippen LogP contribution >= 0.6 is 0 Å². The van der Waals surface area contributed by atoms with Crippen molar-refractivity contribution in [2.75, 3.05) is 26.0 Å². The van der Waals surface area contributed by atoms with E-state index in [2.05, 4.69) is 4.90 Å². The average molecular weight is 264 g/mol. The zero-order valence-electron chi connectivity index (χ0n) is 11.6. The molecule has 0 spiro atoms. The first-order valence-corrected chi connectivity index (χ1v) is 7.02. The average Bonchev–Trinajstić information content (AvgIpc) is 2.92. The second-order valence-corrected chi connectivity index (χ2v) is 5.20. The molecule has 3 N–H and O–H groups in total. The topological polar surface area (TPSA) is 58.7 Å². The molecule has 106 valence electrons. The van der Waals surface area contributed by atoms with Gasteiger partial charge in [0.1, 0.15) is 5.75 Å². The van der Waals surface area contributed by atoms with E-state index >= 15 is 0 Å². The maximum Gasteiger partial charge on any atom is 0.123 e. The van der Waals surface area contributed by atoms with Crippen molar-refractivity contribution in [1.82, 2.24) is 4.90 Å². The summed E-state index contributed by atoms with van der Waals surface area (Å²) in [6, 6.07) is 6.32. The van der Waals surface area contributed by atoms with Crippen molar-refractivity contribution in [3.63, 3.8) is 0 Å². The molecule has 1 fully saturated rings. The monoisotopic (exact) mass is 264 g/mol. The van der Waals surface area contributed by atoms with Crippen LogP contribution in [0.1, 0.15) is 31.2 Å². The molecule has 0 bridgehead atoms. The first-order chi connectivity index (χ1) is 9.24. The van der Waals surface area contributed by atoms with E-state index in [-0.39, 0.29) is 6.61 Å². The number of ether oxygens (including phenoxy) is 1. The summed E-state index contributed by atoms with van der Waals surface area (Å²) in [5.74, 6) is 0.870. The molecule has 2 rings (SSSR count). The predicted octanol–water partition coefficient (Wildman–Crippen LogP) is 2.01. The first-order valence-electron chi connectivity index (χ1n) is 7.02. The van der Waals surface area contributed by atoms with Gasteiger partial charge in [0.25, 0.3) is 0 Å². The van der Waals surface area contributed by atoms with Crippen molar-refractivity contribution >= 4 is 5.69 Å². The van der Waals surface area contributed by atoms with Gasteiger partial charge in [0.05, 0.1) is 13.7 Å². The molecule has 4 heteroatoms. The van der Waals surface area contributed by atoms with Gasteiger partial charge in [-0.05, 0) is 31.0 Å². The number of benzene rings is 1. The van der Waals surface area contributed by atoms with Gasteiger partial charge in [-0.2, -0.15) is 0 Å². The van der Waals surface area contributed by atoms with Crippen LogP contribution in [-0.4, -0.2) is 36.3 Å². The molecule has 1 aromatic carbocycles. The minimum Gasteiger partial charge on any atom is -0.496 e. The van der Waals surface area contributed by atoms with Crippen molar-refractivity contribution in [2.24, 2.45) is 0 Å². The lowest BCUT2D eigenvalue weighted by Crippen LogP contribution is -2.35. The lowest BCUT2D eigenvalue weighted by Gasteiger charge is -2.28. The number of hydrogen-bond acceptors (Lipinski definition) is 4. The van der Waals surface area contributed by atoms with Crippen LogP contribution in [-0.2, 0) is 6.54 Å². The van der Waals surface area contributed by atoms with Gasteiger partial charge in [0, 0.05) is 30.4 Å². The zero-order chi connectivity index (χ0) is 13.7. The molecule has 0 amide bonds. The Morgan fingerprint density at radius 3 is 2.74 bits per heavy atom. The molecule has 1 aromatic rings. The Labute approximate surface area is 115 Å². The highest BCUT2D eigenvalue weighted by atomic mass is 16.5. The minimum atomic E-state index is 0.196. The predicted molar refractivity (Wildman–Crippen MR) is 77.2 cm³/mol. The number of anilines is 1. The molecule has 0 unspecified atom stereocenters. The minimum absolute atomic E-state index is 0.196. The first kappa shape index (κ1) is 14.2. The van der Waals surface area contributed by atoms with Crippen LogP contribution in [0.5, 0.6) is 5.75 Å². The summed E-state index contributed by atoms with van der Waals surface area (Å²) >= 11 is 0. The summed E-state index contributed by atoms with van der Waals surface area (Å²) in [6.07, 6.45) is 5.04. The van der Waals surface area contributed by atoms with E-state index in [1.165, 1.54) is 25.7 Å². The highest BCUT2D eigenvalue weighted by molar-refractivity contribution is 5.47. The Morgan fingerprint density at radius 1 is 1.37 bits per heavy atom. The largest absolute Gasteiger partial charge is 0.496 e. The Hall–Kier alpha value is -1.26. The molecule has 19 heavy (non-hydrogen) atoms. The van der Waals surface area contributed by atoms with Gasteiger partial charge in [-0.1, -0.05) is 12.8 Å². The van der Waals surface area contributed by atoms with Crippen LogP contribution in [0, 0.1) is 0 Å². The lowest BCUT2D eigenvalue weighted by atomic mass is 10.1. The number of methoxy groups -OCH3 is 1. The van der Waals surface area contributed by atoms with Crippen LogP contribution in [0.2, 0.25) is 0 Å². The molecule has 1 saturated carbocycles. The maximum atomic E-state index is 9.26. The molecule has 1 aliphatic carbocycles. The fraction of sp³-hybridized carbons (Fsp3) is 0.600. The van der Waals surface area contributed by atoms with Crippen molar-refractivity contribution in [3.8, 4) is 5.75 Å². The van der Waals surface area contributed by atoms with Gasteiger partial charge in [-0.3, -0.25) is 4.90 Å². The molecule has 4 nitrogen and oxygen atoms in total. The van der Waals surface area contributed by atoms with E-state index in [9.17, 15) is 5.11 Å². The number of aliphatic hydroxyl groups is 1. The summed E-state index contributed by atoms with van der Waals surface area (Å²) in [5.41, 5.74) is 7.72. The highest BCUT2D eigenvalue weighted by Crippen LogP contribution is 2.28. The van der Waals surface area contributed by atoms with E-state index in [1.807, 2.05) is 18.2 Å². The van der Waals surface area contributed by atoms with Gasteiger partial charge < -0.3 is 15.6 Å².